The third kappa shape index (κ3) is 4.52. The van der Waals surface area contributed by atoms with Crippen LogP contribution in [0.1, 0.15) is 45.4 Å². The first-order valence-electron chi connectivity index (χ1n) is 7.98. The van der Waals surface area contributed by atoms with Gasteiger partial charge in [-0.3, -0.25) is 0 Å². The van der Waals surface area contributed by atoms with Crippen molar-refractivity contribution in [1.29, 1.82) is 0 Å². The number of hydrogen-bond acceptors (Lipinski definition) is 3. The Morgan fingerprint density at radius 2 is 1.39 bits per heavy atom. The lowest BCUT2D eigenvalue weighted by molar-refractivity contribution is 0.139. The first-order chi connectivity index (χ1) is 8.78. The van der Waals surface area contributed by atoms with E-state index in [2.05, 4.69) is 16.7 Å². The standard InChI is InChI=1S/C15H31N3/c1-2-3-14-4-8-17(9-5-14)12-13-18-10-6-15(16)7-11-18/h14-15H,2-13,16H2,1H3. The van der Waals surface area contributed by atoms with E-state index < -0.39 is 0 Å². The molecular formula is C15H31N3. The minimum atomic E-state index is 0.464. The predicted octanol–water partition coefficient (Wildman–Crippen LogP) is 1.92. The SMILES string of the molecule is CCCC1CCN(CCN2CCC(N)CC2)CC1. The summed E-state index contributed by atoms with van der Waals surface area (Å²) < 4.78 is 0. The summed E-state index contributed by atoms with van der Waals surface area (Å²) in [5.41, 5.74) is 5.94. The summed E-state index contributed by atoms with van der Waals surface area (Å²) in [5.74, 6) is 1.01. The molecule has 0 spiro atoms. The lowest BCUT2D eigenvalue weighted by Crippen LogP contribution is -2.44. The molecule has 0 aromatic rings. The van der Waals surface area contributed by atoms with E-state index in [0.29, 0.717) is 6.04 Å². The van der Waals surface area contributed by atoms with Gasteiger partial charge in [-0.2, -0.15) is 0 Å². The van der Waals surface area contributed by atoms with E-state index >= 15 is 0 Å². The van der Waals surface area contributed by atoms with Crippen LogP contribution in [0.15, 0.2) is 0 Å². The highest BCUT2D eigenvalue weighted by Gasteiger charge is 2.20. The van der Waals surface area contributed by atoms with E-state index in [9.17, 15) is 0 Å². The monoisotopic (exact) mass is 253 g/mol. The number of likely N-dealkylation sites (tertiary alicyclic amines) is 2. The second-order valence-electron chi connectivity index (χ2n) is 6.25. The summed E-state index contributed by atoms with van der Waals surface area (Å²) in [6.45, 7) is 9.93. The predicted molar refractivity (Wildman–Crippen MR) is 77.7 cm³/mol. The van der Waals surface area contributed by atoms with Crippen molar-refractivity contribution in [2.45, 2.75) is 51.5 Å². The molecule has 0 unspecified atom stereocenters. The van der Waals surface area contributed by atoms with Gasteiger partial charge in [-0.25, -0.2) is 0 Å². The molecule has 3 heteroatoms. The second-order valence-corrected chi connectivity index (χ2v) is 6.25. The molecule has 0 aromatic heterocycles. The quantitative estimate of drug-likeness (QED) is 0.812. The van der Waals surface area contributed by atoms with Gasteiger partial charge in [0.1, 0.15) is 0 Å². The van der Waals surface area contributed by atoms with Gasteiger partial charge in [-0.15, -0.1) is 0 Å². The van der Waals surface area contributed by atoms with Crippen molar-refractivity contribution in [3.05, 3.63) is 0 Å². The molecule has 2 saturated heterocycles. The van der Waals surface area contributed by atoms with Crippen LogP contribution in [0.3, 0.4) is 0 Å². The maximum Gasteiger partial charge on any atom is 0.0109 e. The number of piperidine rings is 2. The van der Waals surface area contributed by atoms with Crippen molar-refractivity contribution in [2.24, 2.45) is 11.7 Å². The molecule has 2 rings (SSSR count). The highest BCUT2D eigenvalue weighted by Crippen LogP contribution is 2.21. The summed E-state index contributed by atoms with van der Waals surface area (Å²) in [4.78, 5) is 5.27. The van der Waals surface area contributed by atoms with Crippen LogP contribution >= 0.6 is 0 Å². The zero-order chi connectivity index (χ0) is 12.8. The molecule has 2 heterocycles. The zero-order valence-corrected chi connectivity index (χ0v) is 12.1. The topological polar surface area (TPSA) is 32.5 Å². The lowest BCUT2D eigenvalue weighted by Gasteiger charge is -2.35. The third-order valence-electron chi connectivity index (χ3n) is 4.77. The second kappa shape index (κ2) is 7.46. The highest BCUT2D eigenvalue weighted by molar-refractivity contribution is 4.77. The smallest absolute Gasteiger partial charge is 0.0109 e. The van der Waals surface area contributed by atoms with E-state index in [4.69, 9.17) is 5.73 Å². The van der Waals surface area contributed by atoms with Crippen molar-refractivity contribution >= 4 is 0 Å². The molecule has 18 heavy (non-hydrogen) atoms. The minimum absolute atomic E-state index is 0.464. The molecular weight excluding hydrogens is 222 g/mol. The van der Waals surface area contributed by atoms with Crippen LogP contribution in [0, 0.1) is 5.92 Å². The molecule has 0 atom stereocenters. The summed E-state index contributed by atoms with van der Waals surface area (Å²) in [6, 6.07) is 0.464. The van der Waals surface area contributed by atoms with Crippen LogP contribution in [0.5, 0.6) is 0 Å². The molecule has 3 nitrogen and oxygen atoms in total. The fourth-order valence-electron chi connectivity index (χ4n) is 3.37. The van der Waals surface area contributed by atoms with Gasteiger partial charge in [0.05, 0.1) is 0 Å². The maximum atomic E-state index is 5.94. The van der Waals surface area contributed by atoms with Gasteiger partial charge in [0.15, 0.2) is 0 Å². The molecule has 0 radical (unpaired) electrons. The fourth-order valence-corrected chi connectivity index (χ4v) is 3.37. The van der Waals surface area contributed by atoms with E-state index in [1.54, 1.807) is 0 Å². The Morgan fingerprint density at radius 1 is 0.889 bits per heavy atom. The molecule has 2 aliphatic rings. The summed E-state index contributed by atoms with van der Waals surface area (Å²) >= 11 is 0. The van der Waals surface area contributed by atoms with E-state index in [1.807, 2.05) is 0 Å². The minimum Gasteiger partial charge on any atom is -0.328 e. The lowest BCUT2D eigenvalue weighted by atomic mass is 9.92. The fraction of sp³-hybridized carbons (Fsp3) is 1.00. The van der Waals surface area contributed by atoms with Gasteiger partial charge < -0.3 is 15.5 Å². The average Bonchev–Trinajstić information content (AvgIpc) is 2.40. The van der Waals surface area contributed by atoms with Gasteiger partial charge in [-0.1, -0.05) is 19.8 Å². The zero-order valence-electron chi connectivity index (χ0n) is 12.1. The first-order valence-corrected chi connectivity index (χ1v) is 7.98. The maximum absolute atomic E-state index is 5.94. The van der Waals surface area contributed by atoms with E-state index in [1.165, 1.54) is 77.8 Å². The van der Waals surface area contributed by atoms with Crippen molar-refractivity contribution in [3.63, 3.8) is 0 Å². The molecule has 0 amide bonds. The van der Waals surface area contributed by atoms with Gasteiger partial charge >= 0.3 is 0 Å². The van der Waals surface area contributed by atoms with E-state index in [0.717, 1.165) is 5.92 Å². The van der Waals surface area contributed by atoms with Crippen molar-refractivity contribution in [1.82, 2.24) is 9.80 Å². The molecule has 0 bridgehead atoms. The van der Waals surface area contributed by atoms with Gasteiger partial charge in [0.2, 0.25) is 0 Å². The number of nitrogens with zero attached hydrogens (tertiary/aromatic N) is 2. The molecule has 106 valence electrons. The Hall–Kier alpha value is -0.120. The Labute approximate surface area is 113 Å². The molecule has 0 aliphatic carbocycles. The Kier molecular flexibility index (Phi) is 5.93. The van der Waals surface area contributed by atoms with E-state index in [-0.39, 0.29) is 0 Å². The van der Waals surface area contributed by atoms with Crippen LogP contribution in [0.25, 0.3) is 0 Å². The van der Waals surface area contributed by atoms with Crippen molar-refractivity contribution in [2.75, 3.05) is 39.3 Å². The van der Waals surface area contributed by atoms with Crippen LogP contribution in [-0.4, -0.2) is 55.1 Å². The Balaban J connectivity index is 1.57. The molecule has 2 fully saturated rings. The van der Waals surface area contributed by atoms with Crippen LogP contribution in [0.4, 0.5) is 0 Å². The Bertz CT molecular complexity index is 216. The van der Waals surface area contributed by atoms with Crippen LogP contribution in [0.2, 0.25) is 0 Å². The Morgan fingerprint density at radius 3 is 1.89 bits per heavy atom. The van der Waals surface area contributed by atoms with Gasteiger partial charge in [-0.05, 0) is 57.8 Å². The molecule has 0 aromatic carbocycles. The third-order valence-corrected chi connectivity index (χ3v) is 4.77. The van der Waals surface area contributed by atoms with Gasteiger partial charge in [0, 0.05) is 19.1 Å². The molecule has 2 N–H and O–H groups in total. The number of rotatable bonds is 5. The van der Waals surface area contributed by atoms with Crippen molar-refractivity contribution in [3.8, 4) is 0 Å². The molecule has 2 aliphatic heterocycles. The van der Waals surface area contributed by atoms with Crippen LogP contribution < -0.4 is 5.73 Å². The van der Waals surface area contributed by atoms with Gasteiger partial charge in [0.25, 0.3) is 0 Å². The first kappa shape index (κ1) is 14.3. The number of hydrogen-bond donors (Lipinski definition) is 1. The van der Waals surface area contributed by atoms with Crippen molar-refractivity contribution < 1.29 is 0 Å². The highest BCUT2D eigenvalue weighted by atomic mass is 15.2. The average molecular weight is 253 g/mol. The van der Waals surface area contributed by atoms with Crippen LogP contribution in [-0.2, 0) is 0 Å². The summed E-state index contributed by atoms with van der Waals surface area (Å²) in [6.07, 6.45) is 8.05. The summed E-state index contributed by atoms with van der Waals surface area (Å²) in [5, 5.41) is 0. The number of nitrogens with two attached hydrogens (primary N) is 1. The largest absolute Gasteiger partial charge is 0.328 e. The normalized spacial score (nSPS) is 25.7. The molecule has 0 saturated carbocycles. The summed E-state index contributed by atoms with van der Waals surface area (Å²) in [7, 11) is 0.